The summed E-state index contributed by atoms with van der Waals surface area (Å²) in [5.41, 5.74) is 5.34. The van der Waals surface area contributed by atoms with Crippen LogP contribution in [0.15, 0.2) is 0 Å². The Morgan fingerprint density at radius 1 is 0.551 bits per heavy atom. The third kappa shape index (κ3) is 36.6. The van der Waals surface area contributed by atoms with Gasteiger partial charge in [0, 0.05) is 19.4 Å². The van der Waals surface area contributed by atoms with Crippen molar-refractivity contribution in [2.45, 2.75) is 201 Å². The molecule has 0 saturated carbocycles. The molecule has 292 valence electrons. The highest BCUT2D eigenvalue weighted by Gasteiger charge is 2.26. The summed E-state index contributed by atoms with van der Waals surface area (Å²) < 4.78 is 32.7. The van der Waals surface area contributed by atoms with E-state index < -0.39 is 26.5 Å². The molecule has 0 aromatic rings. The van der Waals surface area contributed by atoms with Gasteiger partial charge in [-0.25, -0.2) is 4.57 Å². The van der Waals surface area contributed by atoms with Crippen LogP contribution in [0.1, 0.15) is 195 Å². The van der Waals surface area contributed by atoms with Crippen molar-refractivity contribution in [2.24, 2.45) is 17.6 Å². The van der Waals surface area contributed by atoms with Crippen LogP contribution in [-0.4, -0.2) is 49.3 Å². The second-order valence-corrected chi connectivity index (χ2v) is 16.3. The lowest BCUT2D eigenvalue weighted by molar-refractivity contribution is -0.161. The number of hydrogen-bond acceptors (Lipinski definition) is 8. The largest absolute Gasteiger partial charge is 0.472 e. The molecule has 2 unspecified atom stereocenters. The van der Waals surface area contributed by atoms with Gasteiger partial charge in [-0.2, -0.15) is 0 Å². The molecule has 0 aromatic heterocycles. The van der Waals surface area contributed by atoms with Gasteiger partial charge in [-0.05, 0) is 24.7 Å². The third-order valence-corrected chi connectivity index (χ3v) is 9.83. The number of carbonyl (C=O) groups is 2. The monoisotopic (exact) mass is 720 g/mol. The van der Waals surface area contributed by atoms with Crippen LogP contribution >= 0.6 is 7.82 Å². The first kappa shape index (κ1) is 48.0. The second kappa shape index (κ2) is 34.1. The molecule has 0 amide bonds. The molecule has 0 aliphatic rings. The van der Waals surface area contributed by atoms with E-state index in [1.807, 2.05) is 0 Å². The van der Waals surface area contributed by atoms with E-state index in [9.17, 15) is 19.0 Å². The molecule has 0 bridgehead atoms. The Kier molecular flexibility index (Phi) is 33.4. The SMILES string of the molecule is CC(C)CCCCCCCCCCCCCC(=O)OCC(COP(=O)(O)OCCN)OC(=O)CCCCCCCCCCCCCC(C)C. The minimum Gasteiger partial charge on any atom is -0.462 e. The molecule has 0 aliphatic carbocycles. The van der Waals surface area contributed by atoms with Crippen molar-refractivity contribution >= 4 is 19.8 Å². The van der Waals surface area contributed by atoms with Crippen LogP contribution < -0.4 is 5.73 Å². The zero-order chi connectivity index (χ0) is 36.4. The maximum atomic E-state index is 12.5. The average Bonchev–Trinajstić information content (AvgIpc) is 3.05. The molecule has 0 saturated heterocycles. The fourth-order valence-corrected chi connectivity index (χ4v) is 6.59. The Bertz CT molecular complexity index is 810. The molecule has 2 atom stereocenters. The highest BCUT2D eigenvalue weighted by Crippen LogP contribution is 2.43. The molecule has 0 spiro atoms. The molecule has 3 N–H and O–H groups in total. The summed E-state index contributed by atoms with van der Waals surface area (Å²) in [6.07, 6.45) is 28.5. The number of phosphoric acid groups is 1. The number of unbranched alkanes of at least 4 members (excludes halogenated alkanes) is 20. The number of nitrogens with two attached hydrogens (primary N) is 1. The van der Waals surface area contributed by atoms with Gasteiger partial charge in [0.1, 0.15) is 6.61 Å². The van der Waals surface area contributed by atoms with Gasteiger partial charge in [0.15, 0.2) is 6.10 Å². The van der Waals surface area contributed by atoms with Crippen molar-refractivity contribution in [3.8, 4) is 0 Å². The van der Waals surface area contributed by atoms with Crippen molar-refractivity contribution in [2.75, 3.05) is 26.4 Å². The summed E-state index contributed by atoms with van der Waals surface area (Å²) in [4.78, 5) is 34.8. The van der Waals surface area contributed by atoms with Gasteiger partial charge in [-0.3, -0.25) is 18.6 Å². The first-order valence-electron chi connectivity index (χ1n) is 20.2. The van der Waals surface area contributed by atoms with Gasteiger partial charge in [0.2, 0.25) is 0 Å². The molecule has 0 radical (unpaired) electrons. The molecule has 10 heteroatoms. The van der Waals surface area contributed by atoms with E-state index in [2.05, 4.69) is 27.7 Å². The molecule has 0 aliphatic heterocycles. The zero-order valence-electron chi connectivity index (χ0n) is 32.3. The number of carbonyl (C=O) groups excluding carboxylic acids is 2. The summed E-state index contributed by atoms with van der Waals surface area (Å²) in [6, 6.07) is 0. The fraction of sp³-hybridized carbons (Fsp3) is 0.949. The van der Waals surface area contributed by atoms with E-state index in [1.165, 1.54) is 116 Å². The summed E-state index contributed by atoms with van der Waals surface area (Å²) in [6.45, 7) is 8.40. The summed E-state index contributed by atoms with van der Waals surface area (Å²) in [5, 5.41) is 0. The van der Waals surface area contributed by atoms with Crippen LogP contribution in [0.4, 0.5) is 0 Å². The van der Waals surface area contributed by atoms with E-state index in [-0.39, 0.29) is 38.6 Å². The van der Waals surface area contributed by atoms with Crippen LogP contribution in [0.25, 0.3) is 0 Å². The summed E-state index contributed by atoms with van der Waals surface area (Å²) in [7, 11) is -4.36. The average molecular weight is 720 g/mol. The molecule has 9 nitrogen and oxygen atoms in total. The van der Waals surface area contributed by atoms with Gasteiger partial charge >= 0.3 is 19.8 Å². The van der Waals surface area contributed by atoms with Crippen molar-refractivity contribution in [1.29, 1.82) is 0 Å². The first-order chi connectivity index (χ1) is 23.6. The predicted octanol–water partition coefficient (Wildman–Crippen LogP) is 11.0. The summed E-state index contributed by atoms with van der Waals surface area (Å²) >= 11 is 0. The Morgan fingerprint density at radius 2 is 0.918 bits per heavy atom. The fourth-order valence-electron chi connectivity index (χ4n) is 5.83. The van der Waals surface area contributed by atoms with Crippen molar-refractivity contribution < 1.29 is 37.6 Å². The van der Waals surface area contributed by atoms with E-state index in [1.54, 1.807) is 0 Å². The number of ether oxygens (including phenoxy) is 2. The lowest BCUT2D eigenvalue weighted by Gasteiger charge is -2.19. The van der Waals surface area contributed by atoms with Crippen LogP contribution in [0.5, 0.6) is 0 Å². The van der Waals surface area contributed by atoms with Gasteiger partial charge < -0.3 is 20.1 Å². The van der Waals surface area contributed by atoms with Gasteiger partial charge in [0.25, 0.3) is 0 Å². The lowest BCUT2D eigenvalue weighted by atomic mass is 10.0. The minimum absolute atomic E-state index is 0.0567. The highest BCUT2D eigenvalue weighted by molar-refractivity contribution is 7.47. The number of phosphoric ester groups is 1. The van der Waals surface area contributed by atoms with Crippen LogP contribution in [-0.2, 0) is 32.7 Å². The van der Waals surface area contributed by atoms with Crippen molar-refractivity contribution in [3.05, 3.63) is 0 Å². The molecular weight excluding hydrogens is 641 g/mol. The van der Waals surface area contributed by atoms with E-state index >= 15 is 0 Å². The van der Waals surface area contributed by atoms with Crippen molar-refractivity contribution in [3.63, 3.8) is 0 Å². The first-order valence-corrected chi connectivity index (χ1v) is 21.7. The number of hydrogen-bond donors (Lipinski definition) is 2. The van der Waals surface area contributed by atoms with Gasteiger partial charge in [-0.15, -0.1) is 0 Å². The molecule has 0 rings (SSSR count). The number of rotatable bonds is 37. The standard InChI is InChI=1S/C39H78NO8P/c1-35(2)27-23-19-15-11-7-5-9-13-17-21-25-29-38(41)45-33-37(34-47-49(43,44)46-32-31-40)48-39(42)30-26-22-18-14-10-6-8-12-16-20-24-28-36(3)4/h35-37H,5-34,40H2,1-4H3,(H,43,44). The zero-order valence-corrected chi connectivity index (χ0v) is 33.2. The van der Waals surface area contributed by atoms with E-state index in [0.717, 1.165) is 43.9 Å². The van der Waals surface area contributed by atoms with Gasteiger partial charge in [-0.1, -0.05) is 169 Å². The topological polar surface area (TPSA) is 134 Å². The molecular formula is C39H78NO8P. The maximum absolute atomic E-state index is 12.5. The Morgan fingerprint density at radius 3 is 1.31 bits per heavy atom. The molecule has 49 heavy (non-hydrogen) atoms. The molecule has 0 aromatic carbocycles. The van der Waals surface area contributed by atoms with E-state index in [0.29, 0.717) is 6.42 Å². The van der Waals surface area contributed by atoms with Crippen molar-refractivity contribution in [1.82, 2.24) is 0 Å². The van der Waals surface area contributed by atoms with Gasteiger partial charge in [0.05, 0.1) is 13.2 Å². The predicted molar refractivity (Wildman–Crippen MR) is 201 cm³/mol. The minimum atomic E-state index is -4.36. The normalized spacial score (nSPS) is 13.6. The highest BCUT2D eigenvalue weighted by atomic mass is 31.2. The Labute approximate surface area is 301 Å². The van der Waals surface area contributed by atoms with Crippen LogP contribution in [0.3, 0.4) is 0 Å². The maximum Gasteiger partial charge on any atom is 0.472 e. The number of esters is 2. The second-order valence-electron chi connectivity index (χ2n) is 14.8. The third-order valence-electron chi connectivity index (χ3n) is 8.85. The molecule has 0 fully saturated rings. The molecule has 0 heterocycles. The quantitative estimate of drug-likeness (QED) is 0.0365. The smallest absolute Gasteiger partial charge is 0.462 e. The lowest BCUT2D eigenvalue weighted by Crippen LogP contribution is -2.29. The Balaban J connectivity index is 4.16. The Hall–Kier alpha value is -0.990. The van der Waals surface area contributed by atoms with E-state index in [4.69, 9.17) is 24.3 Å². The summed E-state index contributed by atoms with van der Waals surface area (Å²) in [5.74, 6) is 0.801. The van der Waals surface area contributed by atoms with Crippen LogP contribution in [0, 0.1) is 11.8 Å². The van der Waals surface area contributed by atoms with Crippen LogP contribution in [0.2, 0.25) is 0 Å².